The van der Waals surface area contributed by atoms with Gasteiger partial charge in [0, 0.05) is 33.1 Å². The van der Waals surface area contributed by atoms with Gasteiger partial charge in [0.15, 0.2) is 6.10 Å². The van der Waals surface area contributed by atoms with Crippen LogP contribution in [0.1, 0.15) is 6.42 Å². The molecule has 2 aliphatic heterocycles. The zero-order valence-electron chi connectivity index (χ0n) is 13.2. The molecule has 3 amide bonds. The van der Waals surface area contributed by atoms with Gasteiger partial charge in [0.05, 0.1) is 18.9 Å². The number of carbonyl (C=O) groups is 2. The van der Waals surface area contributed by atoms with Crippen LogP contribution in [0.15, 0.2) is 24.3 Å². The van der Waals surface area contributed by atoms with Crippen LogP contribution in [0.4, 0.5) is 10.5 Å². The van der Waals surface area contributed by atoms with Crippen LogP contribution in [-0.4, -0.2) is 62.8 Å². The molecule has 1 aromatic carbocycles. The van der Waals surface area contributed by atoms with Crippen LogP contribution >= 0.6 is 0 Å². The van der Waals surface area contributed by atoms with Crippen molar-refractivity contribution in [3.8, 4) is 5.75 Å². The summed E-state index contributed by atoms with van der Waals surface area (Å²) in [5.74, 6) is 0.600. The van der Waals surface area contributed by atoms with Crippen LogP contribution in [0.3, 0.4) is 0 Å². The first-order chi connectivity index (χ1) is 11.2. The SMILES string of the molecule is CN1C(=O)C(CCNC(=O)N2CCOCC2)Oc2ccccc21. The lowest BCUT2D eigenvalue weighted by molar-refractivity contribution is -0.126. The maximum absolute atomic E-state index is 12.3. The van der Waals surface area contributed by atoms with Gasteiger partial charge in [0.2, 0.25) is 0 Å². The van der Waals surface area contributed by atoms with E-state index >= 15 is 0 Å². The van der Waals surface area contributed by atoms with Gasteiger partial charge in [-0.2, -0.15) is 0 Å². The van der Waals surface area contributed by atoms with Gasteiger partial charge in [-0.1, -0.05) is 12.1 Å². The Kier molecular flexibility index (Phi) is 4.66. The lowest BCUT2D eigenvalue weighted by Gasteiger charge is -2.32. The van der Waals surface area contributed by atoms with E-state index in [1.54, 1.807) is 16.8 Å². The molecule has 0 spiro atoms. The van der Waals surface area contributed by atoms with Crippen LogP contribution in [-0.2, 0) is 9.53 Å². The van der Waals surface area contributed by atoms with Crippen molar-refractivity contribution in [3.05, 3.63) is 24.3 Å². The molecule has 0 aliphatic carbocycles. The van der Waals surface area contributed by atoms with Gasteiger partial charge in [-0.15, -0.1) is 0 Å². The molecule has 1 unspecified atom stereocenters. The zero-order valence-corrected chi connectivity index (χ0v) is 13.2. The number of amides is 3. The van der Waals surface area contributed by atoms with Crippen molar-refractivity contribution in [2.24, 2.45) is 0 Å². The number of urea groups is 1. The number of fused-ring (bicyclic) bond motifs is 1. The molecule has 7 nitrogen and oxygen atoms in total. The molecule has 1 saturated heterocycles. The predicted molar refractivity (Wildman–Crippen MR) is 84.7 cm³/mol. The van der Waals surface area contributed by atoms with E-state index in [0.29, 0.717) is 45.0 Å². The Bertz CT molecular complexity index is 586. The van der Waals surface area contributed by atoms with Gasteiger partial charge in [-0.3, -0.25) is 4.79 Å². The van der Waals surface area contributed by atoms with Crippen molar-refractivity contribution in [1.82, 2.24) is 10.2 Å². The Morgan fingerprint density at radius 2 is 2.04 bits per heavy atom. The highest BCUT2D eigenvalue weighted by Gasteiger charge is 2.31. The number of anilines is 1. The lowest BCUT2D eigenvalue weighted by Crippen LogP contribution is -2.48. The standard InChI is InChI=1S/C16H21N3O4/c1-18-12-4-2-3-5-13(12)23-14(15(18)20)6-7-17-16(21)19-8-10-22-11-9-19/h2-5,14H,6-11H2,1H3,(H,17,21). The molecule has 3 rings (SSSR count). The number of nitrogens with zero attached hydrogens (tertiary/aromatic N) is 2. The van der Waals surface area contributed by atoms with E-state index in [0.717, 1.165) is 5.69 Å². The molecule has 124 valence electrons. The molecular weight excluding hydrogens is 298 g/mol. The molecule has 1 N–H and O–H groups in total. The summed E-state index contributed by atoms with van der Waals surface area (Å²) in [6.45, 7) is 2.72. The molecule has 2 heterocycles. The number of hydrogen-bond acceptors (Lipinski definition) is 4. The van der Waals surface area contributed by atoms with Gasteiger partial charge < -0.3 is 24.6 Å². The first kappa shape index (κ1) is 15.6. The van der Waals surface area contributed by atoms with Gasteiger partial charge >= 0.3 is 6.03 Å². The van der Waals surface area contributed by atoms with Crippen molar-refractivity contribution >= 4 is 17.6 Å². The Hall–Kier alpha value is -2.28. The molecule has 0 radical (unpaired) electrons. The quantitative estimate of drug-likeness (QED) is 0.896. The maximum atomic E-state index is 12.3. The van der Waals surface area contributed by atoms with Crippen molar-refractivity contribution < 1.29 is 19.1 Å². The van der Waals surface area contributed by atoms with E-state index in [2.05, 4.69) is 5.32 Å². The minimum atomic E-state index is -0.570. The van der Waals surface area contributed by atoms with Crippen molar-refractivity contribution in [1.29, 1.82) is 0 Å². The number of rotatable bonds is 3. The number of hydrogen-bond donors (Lipinski definition) is 1. The van der Waals surface area contributed by atoms with E-state index in [4.69, 9.17) is 9.47 Å². The normalized spacial score (nSPS) is 20.7. The number of carbonyl (C=O) groups excluding carboxylic acids is 2. The highest BCUT2D eigenvalue weighted by molar-refractivity contribution is 5.99. The van der Waals surface area contributed by atoms with Crippen molar-refractivity contribution in [2.45, 2.75) is 12.5 Å². The van der Waals surface area contributed by atoms with Crippen LogP contribution < -0.4 is 15.0 Å². The smallest absolute Gasteiger partial charge is 0.317 e. The topological polar surface area (TPSA) is 71.1 Å². The maximum Gasteiger partial charge on any atom is 0.317 e. The molecule has 1 aromatic rings. The van der Waals surface area contributed by atoms with Crippen molar-refractivity contribution in [3.63, 3.8) is 0 Å². The molecule has 7 heteroatoms. The molecule has 0 aromatic heterocycles. The molecular formula is C16H21N3O4. The summed E-state index contributed by atoms with van der Waals surface area (Å²) >= 11 is 0. The zero-order chi connectivity index (χ0) is 16.2. The fourth-order valence-electron chi connectivity index (χ4n) is 2.74. The average Bonchev–Trinajstić information content (AvgIpc) is 2.60. The average molecular weight is 319 g/mol. The van der Waals surface area contributed by atoms with Crippen LogP contribution in [0.2, 0.25) is 0 Å². The molecule has 2 aliphatic rings. The fourth-order valence-corrected chi connectivity index (χ4v) is 2.74. The minimum absolute atomic E-state index is 0.0932. The largest absolute Gasteiger partial charge is 0.478 e. The van der Waals surface area contributed by atoms with Crippen LogP contribution in [0.25, 0.3) is 0 Å². The third-order valence-electron chi connectivity index (χ3n) is 4.08. The molecule has 1 fully saturated rings. The number of likely N-dealkylation sites (N-methyl/N-ethyl adjacent to an activating group) is 1. The minimum Gasteiger partial charge on any atom is -0.478 e. The number of para-hydroxylation sites is 2. The first-order valence-corrected chi connectivity index (χ1v) is 7.80. The summed E-state index contributed by atoms with van der Waals surface area (Å²) in [6, 6.07) is 7.32. The lowest BCUT2D eigenvalue weighted by atomic mass is 10.1. The van der Waals surface area contributed by atoms with Gasteiger partial charge in [-0.25, -0.2) is 4.79 Å². The van der Waals surface area contributed by atoms with Gasteiger partial charge in [-0.05, 0) is 12.1 Å². The second kappa shape index (κ2) is 6.87. The number of benzene rings is 1. The Morgan fingerprint density at radius 3 is 2.83 bits per heavy atom. The Labute approximate surface area is 135 Å². The van der Waals surface area contributed by atoms with Gasteiger partial charge in [0.1, 0.15) is 5.75 Å². The summed E-state index contributed by atoms with van der Waals surface area (Å²) < 4.78 is 11.0. The summed E-state index contributed by atoms with van der Waals surface area (Å²) in [4.78, 5) is 27.7. The molecule has 1 atom stereocenters. The number of nitrogens with one attached hydrogen (secondary N) is 1. The third kappa shape index (κ3) is 3.39. The molecule has 0 saturated carbocycles. The van der Waals surface area contributed by atoms with Crippen LogP contribution in [0.5, 0.6) is 5.75 Å². The van der Waals surface area contributed by atoms with E-state index in [1.165, 1.54) is 0 Å². The number of ether oxygens (including phenoxy) is 2. The predicted octanol–water partition coefficient (Wildman–Crippen LogP) is 0.842. The van der Waals surface area contributed by atoms with E-state index < -0.39 is 6.10 Å². The molecule has 0 bridgehead atoms. The Morgan fingerprint density at radius 1 is 1.30 bits per heavy atom. The van der Waals surface area contributed by atoms with E-state index in [-0.39, 0.29) is 11.9 Å². The third-order valence-corrected chi connectivity index (χ3v) is 4.08. The summed E-state index contributed by atoms with van der Waals surface area (Å²) in [6.07, 6.45) is -0.131. The van der Waals surface area contributed by atoms with E-state index in [9.17, 15) is 9.59 Å². The highest BCUT2D eigenvalue weighted by atomic mass is 16.5. The second-order valence-corrected chi connectivity index (χ2v) is 5.59. The number of morpholine rings is 1. The summed E-state index contributed by atoms with van der Waals surface area (Å²) in [5.41, 5.74) is 0.770. The Balaban J connectivity index is 1.52. The second-order valence-electron chi connectivity index (χ2n) is 5.59. The summed E-state index contributed by atoms with van der Waals surface area (Å²) in [7, 11) is 1.74. The molecule has 23 heavy (non-hydrogen) atoms. The highest BCUT2D eigenvalue weighted by Crippen LogP contribution is 2.33. The van der Waals surface area contributed by atoms with E-state index in [1.807, 2.05) is 24.3 Å². The first-order valence-electron chi connectivity index (χ1n) is 7.80. The monoisotopic (exact) mass is 319 g/mol. The fraction of sp³-hybridized carbons (Fsp3) is 0.500. The van der Waals surface area contributed by atoms with Crippen LogP contribution in [0, 0.1) is 0 Å². The van der Waals surface area contributed by atoms with Gasteiger partial charge in [0.25, 0.3) is 5.91 Å². The van der Waals surface area contributed by atoms with Crippen molar-refractivity contribution in [2.75, 3.05) is 44.8 Å². The summed E-state index contributed by atoms with van der Waals surface area (Å²) in [5, 5.41) is 2.84.